The second-order valence-corrected chi connectivity index (χ2v) is 11.2. The highest BCUT2D eigenvalue weighted by Gasteiger charge is 2.52. The minimum absolute atomic E-state index is 0.0693. The van der Waals surface area contributed by atoms with Crippen molar-refractivity contribution in [1.82, 2.24) is 0 Å². The van der Waals surface area contributed by atoms with Gasteiger partial charge in [-0.15, -0.1) is 10.3 Å². The topological polar surface area (TPSA) is 77.5 Å². The van der Waals surface area contributed by atoms with Crippen molar-refractivity contribution in [2.24, 2.45) is 5.41 Å². The predicted octanol–water partition coefficient (Wildman–Crippen LogP) is 2.55. The molecule has 0 aromatic rings. The average Bonchev–Trinajstić information content (AvgIpc) is 2.30. The highest BCUT2D eigenvalue weighted by Crippen LogP contribution is 2.56. The van der Waals surface area contributed by atoms with Gasteiger partial charge in [-0.2, -0.15) is 21.6 Å². The van der Waals surface area contributed by atoms with Crippen molar-refractivity contribution in [2.45, 2.75) is 39.1 Å². The van der Waals surface area contributed by atoms with E-state index in [-0.39, 0.29) is 41.7 Å². The summed E-state index contributed by atoms with van der Waals surface area (Å²) in [6.07, 6.45) is -0.139. The van der Waals surface area contributed by atoms with E-state index < -0.39 is 31.4 Å². The number of alkyl halides is 3. The minimum atomic E-state index is -5.79. The second-order valence-electron chi connectivity index (χ2n) is 6.20. The van der Waals surface area contributed by atoms with Crippen molar-refractivity contribution in [1.29, 1.82) is 0 Å². The van der Waals surface area contributed by atoms with Crippen molar-refractivity contribution >= 4 is 32.0 Å². The third kappa shape index (κ3) is 4.69. The number of carbonyl (C=O) groups excluding carboxylic acids is 2. The Bertz CT molecular complexity index is 550. The first kappa shape index (κ1) is 19.4. The summed E-state index contributed by atoms with van der Waals surface area (Å²) in [6, 6.07) is 0. The Kier molecular flexibility index (Phi) is 5.41. The maximum Gasteiger partial charge on any atom is 0.523 e. The third-order valence-electron chi connectivity index (χ3n) is 3.25. The Morgan fingerprint density at radius 3 is 2.00 bits per heavy atom. The van der Waals surface area contributed by atoms with Crippen LogP contribution >= 0.6 is 10.3 Å². The second kappa shape index (κ2) is 6.12. The maximum absolute atomic E-state index is 12.6. The van der Waals surface area contributed by atoms with Crippen LogP contribution in [0.4, 0.5) is 13.2 Å². The summed E-state index contributed by atoms with van der Waals surface area (Å²) in [7, 11) is -8.62. The van der Waals surface area contributed by atoms with E-state index in [0.29, 0.717) is 0 Å². The van der Waals surface area contributed by atoms with Crippen LogP contribution < -0.4 is 0 Å². The van der Waals surface area contributed by atoms with Crippen LogP contribution in [0.15, 0.2) is 0 Å². The molecule has 0 spiro atoms. The van der Waals surface area contributed by atoms with Gasteiger partial charge in [-0.1, -0.05) is 20.8 Å². The molecular formula is C12H19F3O5S2. The van der Waals surface area contributed by atoms with Crippen LogP contribution in [0.25, 0.3) is 0 Å². The first-order valence-electron chi connectivity index (χ1n) is 6.52. The number of hydrogen-bond donors (Lipinski definition) is 0. The molecule has 10 heteroatoms. The van der Waals surface area contributed by atoms with Gasteiger partial charge in [0.2, 0.25) is 0 Å². The molecule has 5 nitrogen and oxygen atoms in total. The van der Waals surface area contributed by atoms with Gasteiger partial charge < -0.3 is 0 Å². The Morgan fingerprint density at radius 1 is 1.18 bits per heavy atom. The lowest BCUT2D eigenvalue weighted by Gasteiger charge is -2.41. The van der Waals surface area contributed by atoms with Gasteiger partial charge in [0.1, 0.15) is 11.6 Å². The molecule has 1 fully saturated rings. The van der Waals surface area contributed by atoms with Crippen LogP contribution in [0.1, 0.15) is 33.6 Å². The fourth-order valence-corrected chi connectivity index (χ4v) is 6.92. The molecular weight excluding hydrogens is 345 g/mol. The van der Waals surface area contributed by atoms with E-state index in [2.05, 4.69) is 3.63 Å². The Hall–Kier alpha value is -0.610. The van der Waals surface area contributed by atoms with E-state index in [4.69, 9.17) is 0 Å². The van der Waals surface area contributed by atoms with Crippen LogP contribution in [-0.2, 0) is 23.3 Å². The van der Waals surface area contributed by atoms with Gasteiger partial charge in [0.25, 0.3) is 0 Å². The molecule has 1 rings (SSSR count). The predicted molar refractivity (Wildman–Crippen MR) is 77.0 cm³/mol. The largest absolute Gasteiger partial charge is 0.523 e. The molecule has 0 radical (unpaired) electrons. The van der Waals surface area contributed by atoms with Gasteiger partial charge in [-0.25, -0.2) is 3.63 Å². The number of carbonyl (C=O) groups is 2. The number of ketones is 2. The van der Waals surface area contributed by atoms with Crippen LogP contribution in [0.3, 0.4) is 0 Å². The van der Waals surface area contributed by atoms with Crippen molar-refractivity contribution in [3.8, 4) is 0 Å². The van der Waals surface area contributed by atoms with E-state index >= 15 is 0 Å². The third-order valence-corrected chi connectivity index (χ3v) is 8.38. The van der Waals surface area contributed by atoms with Crippen LogP contribution in [0, 0.1) is 5.41 Å². The lowest BCUT2D eigenvalue weighted by molar-refractivity contribution is -0.124. The summed E-state index contributed by atoms with van der Waals surface area (Å²) in [4.78, 5) is 23.4. The van der Waals surface area contributed by atoms with Gasteiger partial charge in [0.05, 0.1) is 5.75 Å². The molecule has 1 saturated heterocycles. The number of hydrogen-bond acceptors (Lipinski definition) is 5. The van der Waals surface area contributed by atoms with Gasteiger partial charge in [-0.3, -0.25) is 9.59 Å². The van der Waals surface area contributed by atoms with E-state index in [0.717, 1.165) is 0 Å². The monoisotopic (exact) mass is 364 g/mol. The summed E-state index contributed by atoms with van der Waals surface area (Å²) in [5.74, 6) is -1.21. The summed E-state index contributed by atoms with van der Waals surface area (Å²) >= 11 is 0. The van der Waals surface area contributed by atoms with Crippen molar-refractivity contribution in [3.63, 3.8) is 0 Å². The van der Waals surface area contributed by atoms with Gasteiger partial charge in [0.15, 0.2) is 0 Å². The SMILES string of the molecule is CC(C)(C)C(=O)CS1(OS(=O)(=O)C(F)(F)F)CCC(=O)CC1. The fourth-order valence-electron chi connectivity index (χ4n) is 1.75. The fraction of sp³-hybridized carbons (Fsp3) is 0.833. The molecule has 1 aliphatic heterocycles. The summed E-state index contributed by atoms with van der Waals surface area (Å²) < 4.78 is 64.8. The molecule has 0 saturated carbocycles. The van der Waals surface area contributed by atoms with Gasteiger partial charge in [0, 0.05) is 29.8 Å². The molecule has 0 aliphatic carbocycles. The Balaban J connectivity index is 3.09. The first-order valence-corrected chi connectivity index (χ1v) is 10.00. The first-order chi connectivity index (χ1) is 9.69. The lowest BCUT2D eigenvalue weighted by atomic mass is 9.92. The lowest BCUT2D eigenvalue weighted by Crippen LogP contribution is -2.37. The quantitative estimate of drug-likeness (QED) is 0.717. The van der Waals surface area contributed by atoms with E-state index in [1.54, 1.807) is 20.8 Å². The molecule has 130 valence electrons. The number of halogens is 3. The number of rotatable bonds is 4. The zero-order valence-electron chi connectivity index (χ0n) is 12.5. The Morgan fingerprint density at radius 2 is 1.64 bits per heavy atom. The highest BCUT2D eigenvalue weighted by molar-refractivity contribution is 8.33. The van der Waals surface area contributed by atoms with Crippen molar-refractivity contribution in [2.75, 3.05) is 17.3 Å². The van der Waals surface area contributed by atoms with Gasteiger partial charge in [-0.05, 0) is 0 Å². The standard InChI is InChI=1S/C12H19F3O5S2/c1-11(2,3)10(17)8-21(6-4-9(16)5-7-21)20-22(18,19)12(13,14)15/h4-8H2,1-3H3. The van der Waals surface area contributed by atoms with E-state index in [1.165, 1.54) is 0 Å². The molecule has 0 aromatic heterocycles. The molecule has 22 heavy (non-hydrogen) atoms. The molecule has 0 atom stereocenters. The van der Waals surface area contributed by atoms with Crippen LogP contribution in [0.2, 0.25) is 0 Å². The van der Waals surface area contributed by atoms with E-state index in [9.17, 15) is 31.2 Å². The maximum atomic E-state index is 12.6. The molecule has 0 bridgehead atoms. The van der Waals surface area contributed by atoms with Gasteiger partial charge >= 0.3 is 15.6 Å². The zero-order valence-corrected chi connectivity index (χ0v) is 14.2. The van der Waals surface area contributed by atoms with Crippen molar-refractivity contribution in [3.05, 3.63) is 0 Å². The van der Waals surface area contributed by atoms with Crippen LogP contribution in [0.5, 0.6) is 0 Å². The molecule has 0 unspecified atom stereocenters. The van der Waals surface area contributed by atoms with Crippen molar-refractivity contribution < 1.29 is 34.8 Å². The normalized spacial score (nSPS) is 21.5. The highest BCUT2D eigenvalue weighted by atomic mass is 32.3. The smallest absolute Gasteiger partial charge is 0.300 e. The zero-order chi connectivity index (χ0) is 17.4. The summed E-state index contributed by atoms with van der Waals surface area (Å²) in [6.45, 7) is 4.78. The van der Waals surface area contributed by atoms with Crippen LogP contribution in [-0.4, -0.2) is 42.8 Å². The molecule has 0 aromatic carbocycles. The minimum Gasteiger partial charge on any atom is -0.300 e. The van der Waals surface area contributed by atoms with E-state index in [1.807, 2.05) is 0 Å². The molecule has 0 N–H and O–H groups in total. The average molecular weight is 364 g/mol. The number of Topliss-reactive ketones (excluding diaryl/α,β-unsaturated/α-hetero) is 2. The molecule has 0 amide bonds. The Labute approximate surface area is 129 Å². The molecule has 1 heterocycles. The summed E-state index contributed by atoms with van der Waals surface area (Å²) in [5.41, 5.74) is -6.37. The summed E-state index contributed by atoms with van der Waals surface area (Å²) in [5, 5.41) is 0. The molecule has 1 aliphatic rings.